The van der Waals surface area contributed by atoms with Crippen molar-refractivity contribution < 1.29 is 5.11 Å². The summed E-state index contributed by atoms with van der Waals surface area (Å²) in [4.78, 5) is 0. The zero-order valence-corrected chi connectivity index (χ0v) is 10.6. The molecule has 0 heterocycles. The van der Waals surface area contributed by atoms with Gasteiger partial charge in [-0.25, -0.2) is 0 Å². The van der Waals surface area contributed by atoms with E-state index in [9.17, 15) is 5.11 Å². The van der Waals surface area contributed by atoms with Crippen molar-refractivity contribution in [3.63, 3.8) is 0 Å². The molecular weight excluding hydrogens is 198 g/mol. The van der Waals surface area contributed by atoms with Crippen LogP contribution in [0.5, 0.6) is 0 Å². The number of likely N-dealkylation sites (N-methyl/N-ethyl adjacent to an activating group) is 1. The molecule has 0 aromatic heterocycles. The third-order valence-corrected chi connectivity index (χ3v) is 5.64. The number of aliphatic hydroxyl groups excluding tert-OH is 1. The Morgan fingerprint density at radius 3 is 1.88 bits per heavy atom. The van der Waals surface area contributed by atoms with E-state index in [-0.39, 0.29) is 17.6 Å². The third kappa shape index (κ3) is 1.53. The molecule has 2 heteroatoms. The Hall–Kier alpha value is -0.0800. The summed E-state index contributed by atoms with van der Waals surface area (Å²) in [6, 6.07) is 0.247. The molecule has 0 spiro atoms. The maximum atomic E-state index is 10.6. The van der Waals surface area contributed by atoms with Gasteiger partial charge in [0.1, 0.15) is 0 Å². The summed E-state index contributed by atoms with van der Waals surface area (Å²) >= 11 is 0. The van der Waals surface area contributed by atoms with E-state index < -0.39 is 0 Å². The van der Waals surface area contributed by atoms with Gasteiger partial charge >= 0.3 is 0 Å². The second kappa shape index (κ2) is 3.71. The van der Waals surface area contributed by atoms with Gasteiger partial charge in [-0.2, -0.15) is 0 Å². The number of hydrogen-bond acceptors (Lipinski definition) is 2. The van der Waals surface area contributed by atoms with Gasteiger partial charge in [-0.05, 0) is 75.7 Å². The van der Waals surface area contributed by atoms with Crippen molar-refractivity contribution in [3.05, 3.63) is 0 Å². The van der Waals surface area contributed by atoms with Crippen LogP contribution in [0.4, 0.5) is 0 Å². The lowest BCUT2D eigenvalue weighted by Crippen LogP contribution is -2.56. The van der Waals surface area contributed by atoms with Gasteiger partial charge in [-0.3, -0.25) is 0 Å². The number of aliphatic hydroxyl groups is 1. The average molecular weight is 223 g/mol. The Morgan fingerprint density at radius 2 is 1.50 bits per heavy atom. The van der Waals surface area contributed by atoms with E-state index in [4.69, 9.17) is 0 Å². The molecule has 0 amide bonds. The van der Waals surface area contributed by atoms with E-state index in [1.54, 1.807) is 0 Å². The Morgan fingerprint density at radius 1 is 1.06 bits per heavy atom. The molecule has 4 rings (SSSR count). The fourth-order valence-corrected chi connectivity index (χ4v) is 5.23. The van der Waals surface area contributed by atoms with Crippen molar-refractivity contribution >= 4 is 0 Å². The lowest BCUT2D eigenvalue weighted by molar-refractivity contribution is -0.127. The first-order chi connectivity index (χ1) is 7.63. The largest absolute Gasteiger partial charge is 0.391 e. The van der Waals surface area contributed by atoms with E-state index >= 15 is 0 Å². The molecule has 16 heavy (non-hydrogen) atoms. The molecule has 92 valence electrons. The highest BCUT2D eigenvalue weighted by Crippen LogP contribution is 2.61. The maximum absolute atomic E-state index is 10.6. The molecule has 4 fully saturated rings. The Kier molecular flexibility index (Phi) is 2.56. The van der Waals surface area contributed by atoms with Gasteiger partial charge in [-0.1, -0.05) is 0 Å². The molecular formula is C14H25NO. The van der Waals surface area contributed by atoms with Gasteiger partial charge in [0.25, 0.3) is 0 Å². The van der Waals surface area contributed by atoms with Gasteiger partial charge in [-0.15, -0.1) is 0 Å². The minimum atomic E-state index is -0.133. The smallest absolute Gasteiger partial charge is 0.0746 e. The second-order valence-corrected chi connectivity index (χ2v) is 6.80. The highest BCUT2D eigenvalue weighted by atomic mass is 16.3. The van der Waals surface area contributed by atoms with Crippen molar-refractivity contribution in [2.75, 3.05) is 7.05 Å². The molecule has 2 atom stereocenters. The molecule has 0 aromatic rings. The summed E-state index contributed by atoms with van der Waals surface area (Å²) in [5, 5.41) is 13.9. The minimum Gasteiger partial charge on any atom is -0.391 e. The van der Waals surface area contributed by atoms with Gasteiger partial charge in [0, 0.05) is 6.04 Å². The summed E-state index contributed by atoms with van der Waals surface area (Å²) in [7, 11) is 1.97. The molecule has 4 bridgehead atoms. The maximum Gasteiger partial charge on any atom is 0.0746 e. The molecule has 0 aliphatic heterocycles. The first-order valence-corrected chi connectivity index (χ1v) is 6.98. The van der Waals surface area contributed by atoms with Crippen LogP contribution < -0.4 is 5.32 Å². The number of nitrogens with one attached hydrogen (secondary N) is 1. The monoisotopic (exact) mass is 223 g/mol. The van der Waals surface area contributed by atoms with Crippen molar-refractivity contribution in [1.82, 2.24) is 5.32 Å². The van der Waals surface area contributed by atoms with E-state index in [2.05, 4.69) is 12.2 Å². The van der Waals surface area contributed by atoms with Gasteiger partial charge < -0.3 is 10.4 Å². The SMILES string of the molecule is CN[C@@H](C)[C@H](O)C12CC3CC(CC(C3)C1)C2. The lowest BCUT2D eigenvalue weighted by Gasteiger charge is -2.59. The molecule has 0 saturated heterocycles. The predicted molar refractivity (Wildman–Crippen MR) is 65.1 cm³/mol. The van der Waals surface area contributed by atoms with E-state index in [0.717, 1.165) is 17.8 Å². The van der Waals surface area contributed by atoms with Gasteiger partial charge in [0.15, 0.2) is 0 Å². The first-order valence-electron chi connectivity index (χ1n) is 6.98. The Balaban J connectivity index is 1.82. The Bertz CT molecular complexity index is 241. The molecule has 4 aliphatic rings. The van der Waals surface area contributed by atoms with Crippen LogP contribution >= 0.6 is 0 Å². The molecule has 0 aromatic carbocycles. The molecule has 0 unspecified atom stereocenters. The zero-order chi connectivity index (χ0) is 11.3. The second-order valence-electron chi connectivity index (χ2n) is 6.80. The van der Waals surface area contributed by atoms with Crippen molar-refractivity contribution in [2.24, 2.45) is 23.2 Å². The molecule has 2 nitrogen and oxygen atoms in total. The number of rotatable bonds is 3. The van der Waals surface area contributed by atoms with Crippen molar-refractivity contribution in [3.8, 4) is 0 Å². The summed E-state index contributed by atoms with van der Waals surface area (Å²) in [6.45, 7) is 2.13. The predicted octanol–water partition coefficient (Wildman–Crippen LogP) is 2.17. The summed E-state index contributed by atoms with van der Waals surface area (Å²) in [5.74, 6) is 2.81. The van der Waals surface area contributed by atoms with Crippen LogP contribution in [0.15, 0.2) is 0 Å². The van der Waals surface area contributed by atoms with E-state index in [1.165, 1.54) is 38.5 Å². The van der Waals surface area contributed by atoms with Crippen LogP contribution in [0, 0.1) is 23.2 Å². The van der Waals surface area contributed by atoms with Crippen LogP contribution in [-0.4, -0.2) is 24.3 Å². The molecule has 2 N–H and O–H groups in total. The lowest BCUT2D eigenvalue weighted by atomic mass is 9.47. The number of hydrogen-bond donors (Lipinski definition) is 2. The van der Waals surface area contributed by atoms with Crippen LogP contribution in [0.25, 0.3) is 0 Å². The normalized spacial score (nSPS) is 49.3. The van der Waals surface area contributed by atoms with E-state index in [0.29, 0.717) is 0 Å². The molecule has 4 saturated carbocycles. The summed E-state index contributed by atoms with van der Waals surface area (Å²) in [5.41, 5.74) is 0.275. The van der Waals surface area contributed by atoms with Gasteiger partial charge in [0.2, 0.25) is 0 Å². The van der Waals surface area contributed by atoms with Crippen LogP contribution in [0.1, 0.15) is 45.4 Å². The van der Waals surface area contributed by atoms with Crippen LogP contribution in [0.3, 0.4) is 0 Å². The standard InChI is InChI=1S/C14H25NO/c1-9(15-2)13(16)14-6-10-3-11(7-14)5-12(4-10)8-14/h9-13,15-16H,3-8H2,1-2H3/t9-,10?,11?,12?,13-,14?/m0/s1. The molecule has 0 radical (unpaired) electrons. The van der Waals surface area contributed by atoms with E-state index in [1.807, 2.05) is 7.05 Å². The van der Waals surface area contributed by atoms with Gasteiger partial charge in [0.05, 0.1) is 6.10 Å². The van der Waals surface area contributed by atoms with Crippen molar-refractivity contribution in [2.45, 2.75) is 57.6 Å². The molecule has 4 aliphatic carbocycles. The minimum absolute atomic E-state index is 0.133. The fourth-order valence-electron chi connectivity index (χ4n) is 5.23. The topological polar surface area (TPSA) is 32.3 Å². The van der Waals surface area contributed by atoms with Crippen molar-refractivity contribution in [1.29, 1.82) is 0 Å². The Labute approximate surface area is 98.8 Å². The highest BCUT2D eigenvalue weighted by molar-refractivity contribution is 5.05. The zero-order valence-electron chi connectivity index (χ0n) is 10.6. The van der Waals surface area contributed by atoms with Crippen LogP contribution in [-0.2, 0) is 0 Å². The quantitative estimate of drug-likeness (QED) is 0.768. The first kappa shape index (κ1) is 11.0. The highest BCUT2D eigenvalue weighted by Gasteiger charge is 2.54. The summed E-state index contributed by atoms with van der Waals surface area (Å²) in [6.07, 6.45) is 8.13. The van der Waals surface area contributed by atoms with Crippen LogP contribution in [0.2, 0.25) is 0 Å². The summed E-state index contributed by atoms with van der Waals surface area (Å²) < 4.78 is 0. The fraction of sp³-hybridized carbons (Fsp3) is 1.00. The third-order valence-electron chi connectivity index (χ3n) is 5.64. The average Bonchev–Trinajstić information content (AvgIpc) is 2.25.